The third kappa shape index (κ3) is 8.18. The summed E-state index contributed by atoms with van der Waals surface area (Å²) in [6.07, 6.45) is 3.08. The second kappa shape index (κ2) is 12.8. The third-order valence-corrected chi connectivity index (χ3v) is 7.38. The van der Waals surface area contributed by atoms with Crippen LogP contribution in [0.1, 0.15) is 64.7 Å². The van der Waals surface area contributed by atoms with Crippen molar-refractivity contribution in [2.45, 2.75) is 78.1 Å². The molecule has 2 aromatic carbocycles. The van der Waals surface area contributed by atoms with Crippen molar-refractivity contribution in [3.63, 3.8) is 0 Å². The highest BCUT2D eigenvalue weighted by Gasteiger charge is 2.45. The van der Waals surface area contributed by atoms with Crippen LogP contribution in [0.2, 0.25) is 5.02 Å². The smallest absolute Gasteiger partial charge is 0.412 e. The van der Waals surface area contributed by atoms with E-state index < -0.39 is 62.6 Å². The summed E-state index contributed by atoms with van der Waals surface area (Å²) in [7, 11) is 0. The molecule has 1 aliphatic rings. The molecule has 13 nitrogen and oxygen atoms in total. The van der Waals surface area contributed by atoms with Crippen LogP contribution in [0.5, 0.6) is 11.5 Å². The molecule has 2 aromatic heterocycles. The van der Waals surface area contributed by atoms with Crippen LogP contribution in [0, 0.1) is 21.8 Å². The number of hydrogen-bond donors (Lipinski definition) is 1. The number of ether oxygens (including phenoxy) is 3. The molecule has 1 saturated carbocycles. The van der Waals surface area contributed by atoms with Gasteiger partial charge in [-0.05, 0) is 59.6 Å². The van der Waals surface area contributed by atoms with E-state index in [-0.39, 0.29) is 35.0 Å². The maximum absolute atomic E-state index is 16.0. The predicted octanol–water partition coefficient (Wildman–Crippen LogP) is 8.33. The maximum Gasteiger partial charge on any atom is 0.412 e. The molecule has 260 valence electrons. The van der Waals surface area contributed by atoms with Crippen LogP contribution in [-0.2, 0) is 16.0 Å². The van der Waals surface area contributed by atoms with Crippen LogP contribution >= 0.6 is 11.6 Å². The van der Waals surface area contributed by atoms with Crippen LogP contribution in [0.4, 0.5) is 29.3 Å². The Balaban J connectivity index is 1.54. The molecule has 2 heterocycles. The summed E-state index contributed by atoms with van der Waals surface area (Å²) in [6.45, 7) is 9.53. The first-order chi connectivity index (χ1) is 22.7. The number of benzene rings is 2. The average Bonchev–Trinajstić information content (AvgIpc) is 3.39. The molecule has 0 bridgehead atoms. The molecule has 0 aliphatic heterocycles. The van der Waals surface area contributed by atoms with Crippen molar-refractivity contribution in [2.75, 3.05) is 5.32 Å². The molecule has 0 saturated heterocycles. The van der Waals surface area contributed by atoms with Gasteiger partial charge in [-0.25, -0.2) is 23.4 Å². The van der Waals surface area contributed by atoms with Crippen LogP contribution in [0.25, 0.3) is 22.3 Å². The maximum atomic E-state index is 16.0. The monoisotopic (exact) mass is 704 g/mol. The molecule has 1 aliphatic carbocycles. The van der Waals surface area contributed by atoms with Gasteiger partial charge in [-0.1, -0.05) is 11.6 Å². The van der Waals surface area contributed by atoms with Gasteiger partial charge in [0.1, 0.15) is 44.5 Å². The van der Waals surface area contributed by atoms with E-state index in [0.717, 1.165) is 6.07 Å². The van der Waals surface area contributed by atoms with Crippen molar-refractivity contribution in [1.29, 1.82) is 0 Å². The Morgan fingerprint density at radius 3 is 2.39 bits per heavy atom. The molecule has 0 radical (unpaired) electrons. The van der Waals surface area contributed by atoms with Crippen molar-refractivity contribution in [2.24, 2.45) is 5.92 Å². The molecule has 4 aromatic rings. The summed E-state index contributed by atoms with van der Waals surface area (Å²) in [4.78, 5) is 45.6. The minimum absolute atomic E-state index is 0.119. The molecule has 5 rings (SSSR count). The van der Waals surface area contributed by atoms with Gasteiger partial charge in [0.25, 0.3) is 0 Å². The number of esters is 1. The van der Waals surface area contributed by atoms with E-state index in [4.69, 9.17) is 25.8 Å². The average molecular weight is 705 g/mol. The SMILES string of the molecule is CC(C)(C)OC(=O)Nc1cc(Oc2ccc3ncc(-c4cnn(CC5CC(F)(F)C5)c4)nc3c2Cl)c(C(=O)OC(C)(C)C)c(F)c1[N+](=O)[O-]. The molecular weight excluding hydrogens is 673 g/mol. The van der Waals surface area contributed by atoms with Gasteiger partial charge in [0, 0.05) is 37.2 Å². The lowest BCUT2D eigenvalue weighted by Crippen LogP contribution is -2.37. The Bertz CT molecular complexity index is 1970. The van der Waals surface area contributed by atoms with Gasteiger partial charge in [-0.15, -0.1) is 0 Å². The normalized spacial score (nSPS) is 14.7. The Hall–Kier alpha value is -4.99. The van der Waals surface area contributed by atoms with E-state index in [1.165, 1.54) is 45.3 Å². The zero-order chi connectivity index (χ0) is 36.1. The van der Waals surface area contributed by atoms with Crippen molar-refractivity contribution in [1.82, 2.24) is 19.7 Å². The number of nitro groups is 1. The van der Waals surface area contributed by atoms with Crippen LogP contribution in [0.3, 0.4) is 0 Å². The second-order valence-corrected chi connectivity index (χ2v) is 13.9. The van der Waals surface area contributed by atoms with E-state index >= 15 is 4.39 Å². The van der Waals surface area contributed by atoms with Crippen LogP contribution in [0.15, 0.2) is 36.8 Å². The van der Waals surface area contributed by atoms with Gasteiger partial charge < -0.3 is 14.2 Å². The van der Waals surface area contributed by atoms with Crippen LogP contribution < -0.4 is 10.1 Å². The van der Waals surface area contributed by atoms with Gasteiger partial charge in [0.15, 0.2) is 0 Å². The Kier molecular flexibility index (Phi) is 9.23. The highest BCUT2D eigenvalue weighted by molar-refractivity contribution is 6.36. The highest BCUT2D eigenvalue weighted by atomic mass is 35.5. The summed E-state index contributed by atoms with van der Waals surface area (Å²) >= 11 is 6.71. The van der Waals surface area contributed by atoms with Crippen molar-refractivity contribution in [3.05, 3.63) is 63.3 Å². The summed E-state index contributed by atoms with van der Waals surface area (Å²) in [5, 5.41) is 18.3. The molecule has 49 heavy (non-hydrogen) atoms. The van der Waals surface area contributed by atoms with E-state index in [2.05, 4.69) is 20.4 Å². The summed E-state index contributed by atoms with van der Waals surface area (Å²) in [5.74, 6) is -6.49. The number of fused-ring (bicyclic) bond motifs is 1. The van der Waals surface area contributed by atoms with Crippen molar-refractivity contribution < 1.29 is 41.9 Å². The minimum atomic E-state index is -2.65. The fraction of sp³-hybridized carbons (Fsp3) is 0.406. The van der Waals surface area contributed by atoms with Gasteiger partial charge >= 0.3 is 17.7 Å². The molecular formula is C32H32ClF3N6O7. The van der Waals surface area contributed by atoms with Gasteiger partial charge in [-0.2, -0.15) is 9.49 Å². The van der Waals surface area contributed by atoms with Crippen LogP contribution in [-0.4, -0.2) is 53.9 Å². The molecule has 17 heteroatoms. The summed E-state index contributed by atoms with van der Waals surface area (Å²) in [5.41, 5.74) is -3.61. The number of carbonyl (C=O) groups is 2. The van der Waals surface area contributed by atoms with E-state index in [1.807, 2.05) is 0 Å². The first kappa shape index (κ1) is 35.3. The van der Waals surface area contributed by atoms with Crippen molar-refractivity contribution >= 4 is 46.1 Å². The zero-order valence-electron chi connectivity index (χ0n) is 27.3. The number of nitrogens with one attached hydrogen (secondary N) is 1. The lowest BCUT2D eigenvalue weighted by atomic mass is 9.81. The van der Waals surface area contributed by atoms with Gasteiger partial charge in [-0.3, -0.25) is 25.1 Å². The Morgan fingerprint density at radius 2 is 1.78 bits per heavy atom. The largest absolute Gasteiger partial charge is 0.456 e. The number of amides is 1. The zero-order valence-corrected chi connectivity index (χ0v) is 28.0. The second-order valence-electron chi connectivity index (χ2n) is 13.5. The lowest BCUT2D eigenvalue weighted by Gasteiger charge is -2.34. The van der Waals surface area contributed by atoms with Crippen molar-refractivity contribution in [3.8, 4) is 22.8 Å². The third-order valence-electron chi connectivity index (χ3n) is 7.01. The van der Waals surface area contributed by atoms with Gasteiger partial charge in [0.05, 0.1) is 28.5 Å². The molecule has 1 amide bonds. The Labute approximate surface area is 282 Å². The summed E-state index contributed by atoms with van der Waals surface area (Å²) in [6, 6.07) is 3.74. The van der Waals surface area contributed by atoms with E-state index in [1.54, 1.807) is 31.6 Å². The molecule has 1 fully saturated rings. The minimum Gasteiger partial charge on any atom is -0.456 e. The molecule has 0 atom stereocenters. The lowest BCUT2D eigenvalue weighted by molar-refractivity contribution is -0.386. The van der Waals surface area contributed by atoms with E-state index in [0.29, 0.717) is 23.3 Å². The van der Waals surface area contributed by atoms with Gasteiger partial charge in [0.2, 0.25) is 11.7 Å². The highest BCUT2D eigenvalue weighted by Crippen LogP contribution is 2.44. The first-order valence-corrected chi connectivity index (χ1v) is 15.4. The number of alkyl halides is 2. The topological polar surface area (TPSA) is 161 Å². The number of nitrogens with zero attached hydrogens (tertiary/aromatic N) is 5. The standard InChI is InChI=1S/C32H32ClF3N6O7/c1-30(2,3)48-28(43)23-22(9-19(27(25(23)34)42(45)46)40-29(44)49-31(4,5)6)47-21-8-7-18-26(24(21)33)39-20(13-37-18)17-12-38-41(15-17)14-16-10-32(35,36)11-16/h7-9,12-13,15-16H,10-11,14H2,1-6H3,(H,40,44). The number of hydrogen-bond acceptors (Lipinski definition) is 10. The predicted molar refractivity (Wildman–Crippen MR) is 172 cm³/mol. The number of carbonyl (C=O) groups excluding carboxylic acids is 2. The first-order valence-electron chi connectivity index (χ1n) is 15.0. The number of nitro benzene ring substituents is 1. The number of anilines is 1. The fourth-order valence-electron chi connectivity index (χ4n) is 5.04. The van der Waals surface area contributed by atoms with E-state index in [9.17, 15) is 28.5 Å². The molecule has 1 N–H and O–H groups in total. The number of halogens is 4. The number of aromatic nitrogens is 4. The Morgan fingerprint density at radius 1 is 1.10 bits per heavy atom. The summed E-state index contributed by atoms with van der Waals surface area (Å²) < 4.78 is 60.5. The fourth-order valence-corrected chi connectivity index (χ4v) is 5.28. The number of rotatable bonds is 8. The quantitative estimate of drug-likeness (QED) is 0.107. The molecule has 0 unspecified atom stereocenters. The molecule has 0 spiro atoms.